The van der Waals surface area contributed by atoms with Crippen LogP contribution in [0.25, 0.3) is 94.4 Å². The van der Waals surface area contributed by atoms with E-state index in [0.29, 0.717) is 5.82 Å². The predicted octanol–water partition coefficient (Wildman–Crippen LogP) is 12.5. The van der Waals surface area contributed by atoms with Gasteiger partial charge in [0, 0.05) is 33.2 Å². The van der Waals surface area contributed by atoms with Gasteiger partial charge in [-0.3, -0.25) is 0 Å². The molecule has 0 radical (unpaired) electrons. The summed E-state index contributed by atoms with van der Waals surface area (Å²) in [6.07, 6.45) is 0. The maximum atomic E-state index is 5.16. The number of aromatic nitrogens is 3. The fourth-order valence-electron chi connectivity index (χ4n) is 7.46. The average molecular weight is 650 g/mol. The lowest BCUT2D eigenvalue weighted by Gasteiger charge is -2.12. The van der Waals surface area contributed by atoms with Crippen molar-refractivity contribution >= 4 is 32.6 Å². The molecule has 3 nitrogen and oxygen atoms in total. The Morgan fingerprint density at radius 2 is 0.725 bits per heavy atom. The second-order valence-electron chi connectivity index (χ2n) is 13.0. The third kappa shape index (κ3) is 5.06. The Balaban J connectivity index is 1.08. The predicted molar refractivity (Wildman–Crippen MR) is 212 cm³/mol. The zero-order chi connectivity index (χ0) is 33.7. The van der Waals surface area contributed by atoms with E-state index in [-0.39, 0.29) is 0 Å². The lowest BCUT2D eigenvalue weighted by Crippen LogP contribution is -1.97. The summed E-state index contributed by atoms with van der Waals surface area (Å²) in [6, 6.07) is 66.7. The van der Waals surface area contributed by atoms with E-state index in [1.54, 1.807) is 0 Å². The van der Waals surface area contributed by atoms with Crippen molar-refractivity contribution in [2.24, 2.45) is 0 Å². The van der Waals surface area contributed by atoms with Gasteiger partial charge in [-0.05, 0) is 75.5 Å². The van der Waals surface area contributed by atoms with Gasteiger partial charge in [-0.1, -0.05) is 146 Å². The topological polar surface area (TPSA) is 30.7 Å². The monoisotopic (exact) mass is 649 g/mol. The van der Waals surface area contributed by atoms with E-state index in [4.69, 9.17) is 9.97 Å². The van der Waals surface area contributed by atoms with Crippen molar-refractivity contribution in [2.75, 3.05) is 0 Å². The maximum absolute atomic E-state index is 5.16. The molecule has 2 heterocycles. The minimum atomic E-state index is 0.697. The summed E-state index contributed by atoms with van der Waals surface area (Å²) in [5.41, 5.74) is 13.1. The molecule has 0 aliphatic carbocycles. The number of rotatable bonds is 6. The van der Waals surface area contributed by atoms with Crippen molar-refractivity contribution in [1.82, 2.24) is 14.5 Å². The van der Waals surface area contributed by atoms with Crippen molar-refractivity contribution in [1.29, 1.82) is 0 Å². The van der Waals surface area contributed by atoms with Gasteiger partial charge in [-0.2, -0.15) is 0 Å². The molecule has 0 spiro atoms. The highest BCUT2D eigenvalue weighted by molar-refractivity contribution is 6.24. The van der Waals surface area contributed by atoms with E-state index in [2.05, 4.69) is 180 Å². The van der Waals surface area contributed by atoms with Crippen LogP contribution in [0.3, 0.4) is 0 Å². The zero-order valence-corrected chi connectivity index (χ0v) is 27.7. The number of nitrogens with zero attached hydrogens (tertiary/aromatic N) is 3. The molecule has 0 amide bonds. The van der Waals surface area contributed by atoms with E-state index >= 15 is 0 Å². The van der Waals surface area contributed by atoms with Gasteiger partial charge in [0.25, 0.3) is 0 Å². The van der Waals surface area contributed by atoms with Crippen LogP contribution in [0, 0.1) is 0 Å². The van der Waals surface area contributed by atoms with Gasteiger partial charge in [0.15, 0.2) is 5.82 Å². The summed E-state index contributed by atoms with van der Waals surface area (Å²) in [5, 5.41) is 5.15. The Bertz CT molecular complexity index is 2630. The number of benzene rings is 8. The third-order valence-electron chi connectivity index (χ3n) is 10.0. The highest BCUT2D eigenvalue weighted by Crippen LogP contribution is 2.39. The molecule has 238 valence electrons. The summed E-state index contributed by atoms with van der Waals surface area (Å²) in [6.45, 7) is 0. The van der Waals surface area contributed by atoms with Crippen LogP contribution < -0.4 is 0 Å². The van der Waals surface area contributed by atoms with E-state index < -0.39 is 0 Å². The van der Waals surface area contributed by atoms with Gasteiger partial charge in [0.2, 0.25) is 0 Å². The smallest absolute Gasteiger partial charge is 0.160 e. The second kappa shape index (κ2) is 11.9. The Hall–Kier alpha value is -6.84. The van der Waals surface area contributed by atoms with Crippen LogP contribution in [-0.4, -0.2) is 14.5 Å². The largest absolute Gasteiger partial charge is 0.309 e. The fourth-order valence-corrected chi connectivity index (χ4v) is 7.46. The molecular formula is C48H31N3. The van der Waals surface area contributed by atoms with Crippen LogP contribution in [0.2, 0.25) is 0 Å². The van der Waals surface area contributed by atoms with E-state index in [9.17, 15) is 0 Å². The average Bonchev–Trinajstić information content (AvgIpc) is 3.56. The van der Waals surface area contributed by atoms with Crippen LogP contribution in [0.15, 0.2) is 188 Å². The van der Waals surface area contributed by atoms with Gasteiger partial charge < -0.3 is 4.57 Å². The quantitative estimate of drug-likeness (QED) is 0.168. The van der Waals surface area contributed by atoms with Crippen molar-refractivity contribution < 1.29 is 0 Å². The standard InChI is InChI=1S/C48H31N3/c1-3-9-32(10-4-1)34-17-21-36(22-18-34)42-31-43(37-23-19-35(20-24-37)33-11-5-2-6-12-33)50-48(49-42)40-27-29-41(30-28-40)51-44-15-7-13-38-25-26-39-14-8-16-45(51)47(39)46(38)44/h1-31H. The van der Waals surface area contributed by atoms with Crippen molar-refractivity contribution in [3.63, 3.8) is 0 Å². The molecule has 10 aromatic rings. The van der Waals surface area contributed by atoms with Gasteiger partial charge in [-0.25, -0.2) is 9.97 Å². The first-order chi connectivity index (χ1) is 25.3. The molecule has 3 heteroatoms. The van der Waals surface area contributed by atoms with Gasteiger partial charge in [0.1, 0.15) is 0 Å². The summed E-state index contributed by atoms with van der Waals surface area (Å²) < 4.78 is 2.37. The van der Waals surface area contributed by atoms with Crippen molar-refractivity contribution in [2.45, 2.75) is 0 Å². The van der Waals surface area contributed by atoms with Crippen LogP contribution in [0.1, 0.15) is 0 Å². The molecule has 10 rings (SSSR count). The summed E-state index contributed by atoms with van der Waals surface area (Å²) in [7, 11) is 0. The molecule has 0 aliphatic rings. The third-order valence-corrected chi connectivity index (χ3v) is 10.0. The molecule has 0 atom stereocenters. The van der Waals surface area contributed by atoms with Gasteiger partial charge >= 0.3 is 0 Å². The number of hydrogen-bond acceptors (Lipinski definition) is 2. The van der Waals surface area contributed by atoms with Gasteiger partial charge in [0.05, 0.1) is 22.4 Å². The summed E-state index contributed by atoms with van der Waals surface area (Å²) >= 11 is 0. The minimum absolute atomic E-state index is 0.697. The Kier molecular flexibility index (Phi) is 6.81. The summed E-state index contributed by atoms with van der Waals surface area (Å²) in [5.74, 6) is 0.697. The zero-order valence-electron chi connectivity index (χ0n) is 27.7. The SMILES string of the molecule is c1ccc(-c2ccc(-c3cc(-c4ccc(-c5ccccc5)cc4)nc(-c4ccc(-n5c6cccc7ccc8cccc5c8c76)cc4)n3)cc2)cc1. The minimum Gasteiger partial charge on any atom is -0.309 e. The molecule has 0 aliphatic heterocycles. The van der Waals surface area contributed by atoms with Crippen molar-refractivity contribution in [3.8, 4) is 61.8 Å². The molecule has 0 saturated heterocycles. The highest BCUT2D eigenvalue weighted by atomic mass is 15.0. The van der Waals surface area contributed by atoms with Crippen LogP contribution in [0.4, 0.5) is 0 Å². The lowest BCUT2D eigenvalue weighted by molar-refractivity contribution is 1.16. The molecule has 51 heavy (non-hydrogen) atoms. The van der Waals surface area contributed by atoms with Crippen LogP contribution in [-0.2, 0) is 0 Å². The van der Waals surface area contributed by atoms with E-state index in [0.717, 1.165) is 33.8 Å². The van der Waals surface area contributed by atoms with Crippen LogP contribution >= 0.6 is 0 Å². The molecule has 0 fully saturated rings. The fraction of sp³-hybridized carbons (Fsp3) is 0. The first-order valence-electron chi connectivity index (χ1n) is 17.3. The summed E-state index contributed by atoms with van der Waals surface area (Å²) in [4.78, 5) is 10.3. The van der Waals surface area contributed by atoms with Gasteiger partial charge in [-0.15, -0.1) is 0 Å². The van der Waals surface area contributed by atoms with Crippen molar-refractivity contribution in [3.05, 3.63) is 188 Å². The molecule has 0 unspecified atom stereocenters. The normalized spacial score (nSPS) is 11.5. The second-order valence-corrected chi connectivity index (χ2v) is 13.0. The van der Waals surface area contributed by atoms with E-state index in [1.165, 1.54) is 54.8 Å². The molecule has 2 aromatic heterocycles. The Labute approximate surface area is 296 Å². The lowest BCUT2D eigenvalue weighted by atomic mass is 10.0. The Morgan fingerprint density at radius 1 is 0.314 bits per heavy atom. The highest BCUT2D eigenvalue weighted by Gasteiger charge is 2.17. The van der Waals surface area contributed by atoms with Crippen LogP contribution in [0.5, 0.6) is 0 Å². The molecule has 0 N–H and O–H groups in total. The maximum Gasteiger partial charge on any atom is 0.160 e. The molecule has 8 aromatic carbocycles. The molecule has 0 saturated carbocycles. The number of hydrogen-bond donors (Lipinski definition) is 0. The molecule has 0 bridgehead atoms. The first-order valence-corrected chi connectivity index (χ1v) is 17.3. The first kappa shape index (κ1) is 29.1. The Morgan fingerprint density at radius 3 is 1.20 bits per heavy atom. The molecular weight excluding hydrogens is 619 g/mol. The van der Waals surface area contributed by atoms with E-state index in [1.807, 2.05) is 12.1 Å².